The molecule has 0 unspecified atom stereocenters. The highest BCUT2D eigenvalue weighted by Crippen LogP contribution is 2.29. The van der Waals surface area contributed by atoms with Crippen LogP contribution in [0.15, 0.2) is 23.1 Å². The summed E-state index contributed by atoms with van der Waals surface area (Å²) >= 11 is 0. The summed E-state index contributed by atoms with van der Waals surface area (Å²) in [6, 6.07) is 2.68. The number of likely N-dealkylation sites (N-methyl/N-ethyl adjacent to an activating group) is 1. The Bertz CT molecular complexity index is 657. The molecule has 21 heavy (non-hydrogen) atoms. The van der Waals surface area contributed by atoms with Crippen LogP contribution < -0.4 is 0 Å². The molecular formula is C11H14N2O7S. The van der Waals surface area contributed by atoms with Crippen molar-refractivity contribution in [2.75, 3.05) is 20.2 Å². The summed E-state index contributed by atoms with van der Waals surface area (Å²) in [5.41, 5.74) is -0.731. The number of carbonyl (C=O) groups excluding carboxylic acids is 1. The van der Waals surface area contributed by atoms with Crippen LogP contribution >= 0.6 is 0 Å². The van der Waals surface area contributed by atoms with Crippen LogP contribution in [0.1, 0.15) is 6.92 Å². The third-order valence-electron chi connectivity index (χ3n) is 2.67. The lowest BCUT2D eigenvalue weighted by Gasteiger charge is -2.19. The zero-order chi connectivity index (χ0) is 16.2. The molecule has 1 aromatic rings. The van der Waals surface area contributed by atoms with E-state index in [1.165, 1.54) is 6.92 Å². The first-order valence-electron chi connectivity index (χ1n) is 5.78. The minimum atomic E-state index is -4.11. The third-order valence-corrected chi connectivity index (χ3v) is 4.58. The first-order chi connectivity index (χ1) is 9.73. The second-order valence-electron chi connectivity index (χ2n) is 3.91. The van der Waals surface area contributed by atoms with Gasteiger partial charge >= 0.3 is 11.7 Å². The van der Waals surface area contributed by atoms with Gasteiger partial charge in [0, 0.05) is 12.6 Å². The number of hydrogen-bond acceptors (Lipinski definition) is 7. The summed E-state index contributed by atoms with van der Waals surface area (Å²) in [6.45, 7) is 0.978. The van der Waals surface area contributed by atoms with Crippen LogP contribution in [0.4, 0.5) is 5.69 Å². The predicted octanol–water partition coefficient (Wildman–Crippen LogP) is 0.484. The van der Waals surface area contributed by atoms with E-state index >= 15 is 0 Å². The van der Waals surface area contributed by atoms with Crippen molar-refractivity contribution < 1.29 is 28.0 Å². The largest absolute Gasteiger partial charge is 0.502 e. The van der Waals surface area contributed by atoms with Crippen LogP contribution in [-0.2, 0) is 19.6 Å². The molecular weight excluding hydrogens is 304 g/mol. The number of esters is 1. The van der Waals surface area contributed by atoms with Gasteiger partial charge in [-0.25, -0.2) is 8.42 Å². The summed E-state index contributed by atoms with van der Waals surface area (Å²) in [7, 11) is -2.99. The van der Waals surface area contributed by atoms with Gasteiger partial charge in [-0.15, -0.1) is 0 Å². The van der Waals surface area contributed by atoms with Crippen molar-refractivity contribution in [3.8, 4) is 5.75 Å². The fourth-order valence-electron chi connectivity index (χ4n) is 1.53. The Balaban J connectivity index is 3.26. The van der Waals surface area contributed by atoms with Gasteiger partial charge in [-0.1, -0.05) is 6.92 Å². The first-order valence-corrected chi connectivity index (χ1v) is 7.22. The van der Waals surface area contributed by atoms with Gasteiger partial charge in [0.05, 0.1) is 16.9 Å². The standard InChI is InChI=1S/C11H14N2O7S/c1-3-12(7-11(15)20-2)21(18,19)8-4-5-10(14)9(6-8)13(16)17/h4-6,14H,3,7H2,1-2H3. The molecule has 9 nitrogen and oxygen atoms in total. The molecule has 0 aliphatic rings. The van der Waals surface area contributed by atoms with Crippen LogP contribution in [0.5, 0.6) is 5.75 Å². The normalized spacial score (nSPS) is 11.4. The van der Waals surface area contributed by atoms with Gasteiger partial charge in [0.15, 0.2) is 5.75 Å². The molecule has 0 fully saturated rings. The molecule has 0 saturated carbocycles. The lowest BCUT2D eigenvalue weighted by Crippen LogP contribution is -2.36. The predicted molar refractivity (Wildman–Crippen MR) is 71.2 cm³/mol. The van der Waals surface area contributed by atoms with E-state index in [9.17, 15) is 28.4 Å². The zero-order valence-corrected chi connectivity index (χ0v) is 12.2. The Hall–Kier alpha value is -2.20. The molecule has 10 heteroatoms. The monoisotopic (exact) mass is 318 g/mol. The molecule has 0 aliphatic carbocycles. The number of phenolic OH excluding ortho intramolecular Hbond substituents is 1. The Labute approximate surface area is 120 Å². The van der Waals surface area contributed by atoms with Gasteiger partial charge in [0.2, 0.25) is 10.0 Å². The van der Waals surface area contributed by atoms with Crippen molar-refractivity contribution >= 4 is 21.7 Å². The summed E-state index contributed by atoms with van der Waals surface area (Å²) < 4.78 is 29.8. The van der Waals surface area contributed by atoms with Crippen molar-refractivity contribution in [2.45, 2.75) is 11.8 Å². The fourth-order valence-corrected chi connectivity index (χ4v) is 2.95. The lowest BCUT2D eigenvalue weighted by molar-refractivity contribution is -0.386. The number of nitro benzene ring substituents is 1. The molecule has 0 saturated heterocycles. The Morgan fingerprint density at radius 3 is 2.57 bits per heavy atom. The van der Waals surface area contributed by atoms with Crippen molar-refractivity contribution in [3.63, 3.8) is 0 Å². The second-order valence-corrected chi connectivity index (χ2v) is 5.85. The summed E-state index contributed by atoms with van der Waals surface area (Å²) in [4.78, 5) is 20.7. The van der Waals surface area contributed by atoms with E-state index in [2.05, 4.69) is 4.74 Å². The van der Waals surface area contributed by atoms with Gasteiger partial charge in [-0.3, -0.25) is 14.9 Å². The number of hydrogen-bond donors (Lipinski definition) is 1. The Morgan fingerprint density at radius 2 is 2.10 bits per heavy atom. The van der Waals surface area contributed by atoms with E-state index in [4.69, 9.17) is 0 Å². The van der Waals surface area contributed by atoms with Crippen LogP contribution in [0.25, 0.3) is 0 Å². The third kappa shape index (κ3) is 3.67. The van der Waals surface area contributed by atoms with E-state index in [-0.39, 0.29) is 6.54 Å². The quantitative estimate of drug-likeness (QED) is 0.459. The highest BCUT2D eigenvalue weighted by molar-refractivity contribution is 7.89. The van der Waals surface area contributed by atoms with E-state index in [0.717, 1.165) is 29.6 Å². The molecule has 0 aliphatic heterocycles. The Kier molecular flexibility index (Phi) is 5.22. The van der Waals surface area contributed by atoms with E-state index < -0.39 is 43.8 Å². The summed E-state index contributed by atoms with van der Waals surface area (Å²) in [5, 5.41) is 20.1. The van der Waals surface area contributed by atoms with Gasteiger partial charge in [-0.05, 0) is 12.1 Å². The van der Waals surface area contributed by atoms with Gasteiger partial charge in [0.25, 0.3) is 0 Å². The molecule has 116 valence electrons. The number of carbonyl (C=O) groups is 1. The van der Waals surface area contributed by atoms with Crippen molar-refractivity contribution in [1.82, 2.24) is 4.31 Å². The number of phenols is 1. The maximum atomic E-state index is 12.3. The maximum Gasteiger partial charge on any atom is 0.321 e. The molecule has 1 rings (SSSR count). The smallest absolute Gasteiger partial charge is 0.321 e. The summed E-state index contributed by atoms with van der Waals surface area (Å²) in [6.07, 6.45) is 0. The number of aromatic hydroxyl groups is 1. The molecule has 0 heterocycles. The number of sulfonamides is 1. The average Bonchev–Trinajstić information content (AvgIpc) is 2.43. The van der Waals surface area contributed by atoms with E-state index in [0.29, 0.717) is 0 Å². The van der Waals surface area contributed by atoms with Crippen LogP contribution in [0, 0.1) is 10.1 Å². The Morgan fingerprint density at radius 1 is 1.48 bits per heavy atom. The lowest BCUT2D eigenvalue weighted by atomic mass is 10.3. The number of rotatable bonds is 6. The molecule has 0 aromatic heterocycles. The number of benzene rings is 1. The van der Waals surface area contributed by atoms with Crippen molar-refractivity contribution in [2.24, 2.45) is 0 Å². The average molecular weight is 318 g/mol. The molecule has 0 spiro atoms. The van der Waals surface area contributed by atoms with Gasteiger partial charge in [-0.2, -0.15) is 4.31 Å². The number of nitro groups is 1. The van der Waals surface area contributed by atoms with Gasteiger partial charge < -0.3 is 9.84 Å². The van der Waals surface area contributed by atoms with E-state index in [1.54, 1.807) is 0 Å². The highest BCUT2D eigenvalue weighted by Gasteiger charge is 2.28. The number of ether oxygens (including phenoxy) is 1. The molecule has 0 amide bonds. The molecule has 0 radical (unpaired) electrons. The van der Waals surface area contributed by atoms with Gasteiger partial charge in [0.1, 0.15) is 6.54 Å². The van der Waals surface area contributed by atoms with Crippen LogP contribution in [0.2, 0.25) is 0 Å². The number of methoxy groups -OCH3 is 1. The molecule has 1 N–H and O–H groups in total. The molecule has 1 aromatic carbocycles. The number of nitrogens with zero attached hydrogens (tertiary/aromatic N) is 2. The first kappa shape index (κ1) is 16.9. The maximum absolute atomic E-state index is 12.3. The minimum absolute atomic E-state index is 0.0217. The molecule has 0 bridgehead atoms. The van der Waals surface area contributed by atoms with E-state index in [1.807, 2.05) is 0 Å². The zero-order valence-electron chi connectivity index (χ0n) is 11.3. The van der Waals surface area contributed by atoms with Crippen LogP contribution in [0.3, 0.4) is 0 Å². The summed E-state index contributed by atoms with van der Waals surface area (Å²) in [5.74, 6) is -1.40. The highest BCUT2D eigenvalue weighted by atomic mass is 32.2. The molecule has 0 atom stereocenters. The van der Waals surface area contributed by atoms with Crippen LogP contribution in [-0.4, -0.2) is 48.9 Å². The fraction of sp³-hybridized carbons (Fsp3) is 0.364. The van der Waals surface area contributed by atoms with Crippen molar-refractivity contribution in [1.29, 1.82) is 0 Å². The SMILES string of the molecule is CCN(CC(=O)OC)S(=O)(=O)c1ccc(O)c([N+](=O)[O-])c1. The topological polar surface area (TPSA) is 127 Å². The minimum Gasteiger partial charge on any atom is -0.502 e. The second kappa shape index (κ2) is 6.50. The van der Waals surface area contributed by atoms with Crippen molar-refractivity contribution in [3.05, 3.63) is 28.3 Å².